The fraction of sp³-hybridized carbons (Fsp3) is 0.0833. The van der Waals surface area contributed by atoms with Gasteiger partial charge in [-0.3, -0.25) is 4.79 Å². The number of carbonyl (C=O) groups excluding carboxylic acids is 1. The molecule has 1 N–H and O–H groups in total. The molecule has 0 spiro atoms. The molecular formula is C12H9BrClNO. The third kappa shape index (κ3) is 2.20. The Labute approximate surface area is 107 Å². The first kappa shape index (κ1) is 11.4. The van der Waals surface area contributed by atoms with Crippen LogP contribution in [-0.2, 0) is 4.79 Å². The van der Waals surface area contributed by atoms with Crippen LogP contribution >= 0.6 is 27.5 Å². The van der Waals surface area contributed by atoms with Crippen molar-refractivity contribution in [3.63, 3.8) is 0 Å². The molecule has 0 bridgehead atoms. The highest BCUT2D eigenvalue weighted by Gasteiger charge is 2.07. The summed E-state index contributed by atoms with van der Waals surface area (Å²) in [5.74, 6) is -0.253. The summed E-state index contributed by atoms with van der Waals surface area (Å²) in [5, 5.41) is 4.92. The zero-order chi connectivity index (χ0) is 11.5. The first-order valence-corrected chi connectivity index (χ1v) is 6.08. The van der Waals surface area contributed by atoms with E-state index >= 15 is 0 Å². The van der Waals surface area contributed by atoms with Gasteiger partial charge in [0.2, 0.25) is 5.91 Å². The van der Waals surface area contributed by atoms with Gasteiger partial charge in [-0.05, 0) is 32.8 Å². The number of halogens is 2. The molecule has 2 rings (SSSR count). The van der Waals surface area contributed by atoms with Crippen molar-refractivity contribution in [2.45, 2.75) is 0 Å². The van der Waals surface area contributed by atoms with Gasteiger partial charge in [-0.25, -0.2) is 0 Å². The topological polar surface area (TPSA) is 29.1 Å². The van der Waals surface area contributed by atoms with Crippen LogP contribution in [0, 0.1) is 0 Å². The molecule has 0 aliphatic rings. The number of alkyl halides is 1. The van der Waals surface area contributed by atoms with Crippen LogP contribution in [0.15, 0.2) is 40.9 Å². The quantitative estimate of drug-likeness (QED) is 0.840. The van der Waals surface area contributed by atoms with Crippen LogP contribution in [0.5, 0.6) is 0 Å². The molecule has 0 aliphatic heterocycles. The van der Waals surface area contributed by atoms with Gasteiger partial charge in [-0.15, -0.1) is 11.6 Å². The molecule has 82 valence electrons. The van der Waals surface area contributed by atoms with Gasteiger partial charge >= 0.3 is 0 Å². The van der Waals surface area contributed by atoms with E-state index in [0.29, 0.717) is 0 Å². The second-order valence-corrected chi connectivity index (χ2v) is 4.39. The van der Waals surface area contributed by atoms with Gasteiger partial charge in [-0.1, -0.05) is 30.3 Å². The van der Waals surface area contributed by atoms with Crippen LogP contribution in [0.4, 0.5) is 5.69 Å². The minimum absolute atomic E-state index is 0.0424. The zero-order valence-electron chi connectivity index (χ0n) is 8.34. The molecule has 0 saturated carbocycles. The van der Waals surface area contributed by atoms with Crippen LogP contribution in [0.1, 0.15) is 0 Å². The van der Waals surface area contributed by atoms with E-state index in [9.17, 15) is 4.79 Å². The highest BCUT2D eigenvalue weighted by molar-refractivity contribution is 9.10. The maximum Gasteiger partial charge on any atom is 0.239 e. The average molecular weight is 299 g/mol. The predicted molar refractivity (Wildman–Crippen MR) is 71.0 cm³/mol. The second-order valence-electron chi connectivity index (χ2n) is 3.33. The Morgan fingerprint density at radius 3 is 2.75 bits per heavy atom. The van der Waals surface area contributed by atoms with Crippen LogP contribution in [0.25, 0.3) is 10.8 Å². The number of rotatable bonds is 2. The Balaban J connectivity index is 2.48. The molecule has 16 heavy (non-hydrogen) atoms. The third-order valence-corrected chi connectivity index (χ3v) is 3.36. The number of amides is 1. The maximum absolute atomic E-state index is 11.2. The minimum Gasteiger partial charge on any atom is -0.324 e. The molecule has 0 radical (unpaired) electrons. The van der Waals surface area contributed by atoms with Gasteiger partial charge in [0.25, 0.3) is 0 Å². The molecule has 0 aliphatic carbocycles. The largest absolute Gasteiger partial charge is 0.324 e. The zero-order valence-corrected chi connectivity index (χ0v) is 10.7. The second kappa shape index (κ2) is 4.85. The van der Waals surface area contributed by atoms with Crippen molar-refractivity contribution in [1.29, 1.82) is 0 Å². The van der Waals surface area contributed by atoms with E-state index in [0.717, 1.165) is 20.9 Å². The number of anilines is 1. The molecule has 4 heteroatoms. The predicted octanol–water partition coefficient (Wildman–Crippen LogP) is 3.78. The molecule has 0 unspecified atom stereocenters. The summed E-state index contributed by atoms with van der Waals surface area (Å²) in [6.45, 7) is 0. The molecular weight excluding hydrogens is 289 g/mol. The third-order valence-electron chi connectivity index (χ3n) is 2.26. The van der Waals surface area contributed by atoms with Crippen molar-refractivity contribution in [3.05, 3.63) is 40.9 Å². The molecule has 2 nitrogen and oxygen atoms in total. The van der Waals surface area contributed by atoms with Crippen LogP contribution in [0.3, 0.4) is 0 Å². The first-order valence-electron chi connectivity index (χ1n) is 4.75. The lowest BCUT2D eigenvalue weighted by molar-refractivity contribution is -0.113. The number of fused-ring (bicyclic) bond motifs is 1. The van der Waals surface area contributed by atoms with Gasteiger partial charge in [0.1, 0.15) is 5.88 Å². The van der Waals surface area contributed by atoms with Gasteiger partial charge in [0.05, 0.1) is 5.69 Å². The standard InChI is InChI=1S/C12H9BrClNO/c13-12-9-4-2-1-3-8(9)5-6-10(12)15-11(16)7-14/h1-6H,7H2,(H,15,16). The Morgan fingerprint density at radius 1 is 1.25 bits per heavy atom. The lowest BCUT2D eigenvalue weighted by atomic mass is 10.1. The highest BCUT2D eigenvalue weighted by Crippen LogP contribution is 2.31. The summed E-state index contributed by atoms with van der Waals surface area (Å²) >= 11 is 8.93. The van der Waals surface area contributed by atoms with Crippen molar-refractivity contribution in [3.8, 4) is 0 Å². The minimum atomic E-state index is -0.211. The lowest BCUT2D eigenvalue weighted by Gasteiger charge is -2.08. The van der Waals surface area contributed by atoms with Crippen molar-refractivity contribution >= 4 is 49.9 Å². The first-order chi connectivity index (χ1) is 7.72. The molecule has 0 aromatic heterocycles. The highest BCUT2D eigenvalue weighted by atomic mass is 79.9. The molecule has 0 saturated heterocycles. The number of carbonyl (C=O) groups is 1. The van der Waals surface area contributed by atoms with E-state index in [1.807, 2.05) is 36.4 Å². The Bertz CT molecular complexity index is 542. The number of benzene rings is 2. The molecule has 2 aromatic rings. The SMILES string of the molecule is O=C(CCl)Nc1ccc2ccccc2c1Br. The van der Waals surface area contributed by atoms with Crippen molar-refractivity contribution < 1.29 is 4.79 Å². The van der Waals surface area contributed by atoms with E-state index in [-0.39, 0.29) is 11.8 Å². The van der Waals surface area contributed by atoms with Gasteiger partial charge < -0.3 is 5.32 Å². The Hall–Kier alpha value is -1.06. The van der Waals surface area contributed by atoms with Gasteiger partial charge in [-0.2, -0.15) is 0 Å². The summed E-state index contributed by atoms with van der Waals surface area (Å²) in [6, 6.07) is 11.8. The number of nitrogens with one attached hydrogen (secondary N) is 1. The maximum atomic E-state index is 11.2. The van der Waals surface area contributed by atoms with Crippen LogP contribution in [-0.4, -0.2) is 11.8 Å². The van der Waals surface area contributed by atoms with Crippen LogP contribution < -0.4 is 5.32 Å². The Kier molecular flexibility index (Phi) is 3.46. The molecule has 0 atom stereocenters. The summed E-state index contributed by atoms with van der Waals surface area (Å²) in [4.78, 5) is 11.2. The fourth-order valence-corrected chi connectivity index (χ4v) is 2.17. The fourth-order valence-electron chi connectivity index (χ4n) is 1.51. The average Bonchev–Trinajstić information content (AvgIpc) is 2.33. The number of hydrogen-bond donors (Lipinski definition) is 1. The van der Waals surface area contributed by atoms with Crippen molar-refractivity contribution in [1.82, 2.24) is 0 Å². The normalized spacial score (nSPS) is 10.4. The van der Waals surface area contributed by atoms with Crippen LogP contribution in [0.2, 0.25) is 0 Å². The smallest absolute Gasteiger partial charge is 0.239 e. The lowest BCUT2D eigenvalue weighted by Crippen LogP contribution is -2.12. The monoisotopic (exact) mass is 297 g/mol. The van der Waals surface area contributed by atoms with Gasteiger partial charge in [0.15, 0.2) is 0 Å². The van der Waals surface area contributed by atoms with Crippen molar-refractivity contribution in [2.24, 2.45) is 0 Å². The summed E-state index contributed by atoms with van der Waals surface area (Å²) in [6.07, 6.45) is 0. The van der Waals surface area contributed by atoms with Gasteiger partial charge in [0, 0.05) is 4.47 Å². The summed E-state index contributed by atoms with van der Waals surface area (Å²) in [5.41, 5.74) is 0.740. The summed E-state index contributed by atoms with van der Waals surface area (Å²) in [7, 11) is 0. The molecule has 2 aromatic carbocycles. The van der Waals surface area contributed by atoms with Crippen molar-refractivity contribution in [2.75, 3.05) is 11.2 Å². The molecule has 1 amide bonds. The Morgan fingerprint density at radius 2 is 2.00 bits per heavy atom. The molecule has 0 fully saturated rings. The van der Waals surface area contributed by atoms with E-state index in [2.05, 4.69) is 21.2 Å². The number of hydrogen-bond acceptors (Lipinski definition) is 1. The van der Waals surface area contributed by atoms with E-state index < -0.39 is 0 Å². The summed E-state index contributed by atoms with van der Waals surface area (Å²) < 4.78 is 0.879. The van der Waals surface area contributed by atoms with E-state index in [1.54, 1.807) is 0 Å². The van der Waals surface area contributed by atoms with E-state index in [1.165, 1.54) is 0 Å². The van der Waals surface area contributed by atoms with E-state index in [4.69, 9.17) is 11.6 Å². The molecule has 0 heterocycles.